The fourth-order valence-electron chi connectivity index (χ4n) is 0.940. The van der Waals surface area contributed by atoms with Gasteiger partial charge in [-0.1, -0.05) is 0 Å². The van der Waals surface area contributed by atoms with Gasteiger partial charge in [-0.2, -0.15) is 0 Å². The van der Waals surface area contributed by atoms with Crippen molar-refractivity contribution in [1.29, 1.82) is 0 Å². The van der Waals surface area contributed by atoms with Crippen LogP contribution in [0.25, 0.3) is 0 Å². The largest absolute Gasteiger partial charge is 0.434 e. The van der Waals surface area contributed by atoms with Gasteiger partial charge in [-0.3, -0.25) is 0 Å². The molecule has 0 atom stereocenters. The lowest BCUT2D eigenvalue weighted by Gasteiger charge is -1.99. The average Bonchev–Trinajstić information content (AvgIpc) is 2.62. The minimum absolute atomic E-state index is 0.285. The first-order chi connectivity index (χ1) is 6.34. The van der Waals surface area contributed by atoms with Crippen LogP contribution in [0.3, 0.4) is 0 Å². The van der Waals surface area contributed by atoms with Gasteiger partial charge in [0.2, 0.25) is 0 Å². The summed E-state index contributed by atoms with van der Waals surface area (Å²) in [5.74, 6) is 0.662. The highest BCUT2D eigenvalue weighted by Gasteiger charge is 1.98. The molecule has 13 heavy (non-hydrogen) atoms. The number of rotatable bonds is 2. The molecule has 0 aliphatic heterocycles. The molecule has 0 saturated heterocycles. The molecule has 0 saturated carbocycles. The number of halogens is 1. The molecule has 2 aromatic rings. The van der Waals surface area contributed by atoms with Crippen molar-refractivity contribution in [3.8, 4) is 11.7 Å². The predicted octanol–water partition coefficient (Wildman–Crippen LogP) is 3.21. The van der Waals surface area contributed by atoms with E-state index in [1.165, 1.54) is 30.5 Å². The minimum Gasteiger partial charge on any atom is -0.434 e. The fourth-order valence-corrected chi connectivity index (χ4v) is 0.940. The van der Waals surface area contributed by atoms with Gasteiger partial charge in [-0.15, -0.1) is 0 Å². The summed E-state index contributed by atoms with van der Waals surface area (Å²) in [5, 5.41) is 0. The van der Waals surface area contributed by atoms with Gasteiger partial charge >= 0.3 is 0 Å². The van der Waals surface area contributed by atoms with E-state index in [0.29, 0.717) is 11.7 Å². The molecule has 3 heteroatoms. The van der Waals surface area contributed by atoms with Crippen LogP contribution in [0, 0.1) is 5.82 Å². The van der Waals surface area contributed by atoms with Crippen LogP contribution >= 0.6 is 0 Å². The van der Waals surface area contributed by atoms with E-state index in [1.807, 2.05) is 0 Å². The van der Waals surface area contributed by atoms with Crippen LogP contribution in [0.5, 0.6) is 11.7 Å². The fraction of sp³-hybridized carbons (Fsp3) is 0. The van der Waals surface area contributed by atoms with Crippen molar-refractivity contribution < 1.29 is 13.5 Å². The molecular weight excluding hydrogens is 171 g/mol. The Hall–Kier alpha value is -1.77. The van der Waals surface area contributed by atoms with Gasteiger partial charge in [0, 0.05) is 6.07 Å². The molecule has 0 spiro atoms. The Kier molecular flexibility index (Phi) is 2.00. The Morgan fingerprint density at radius 2 is 1.85 bits per heavy atom. The molecule has 66 valence electrons. The highest BCUT2D eigenvalue weighted by Crippen LogP contribution is 2.21. The zero-order valence-electron chi connectivity index (χ0n) is 6.74. The van der Waals surface area contributed by atoms with Crippen molar-refractivity contribution >= 4 is 0 Å². The van der Waals surface area contributed by atoms with E-state index in [1.54, 1.807) is 12.1 Å². The number of furan rings is 1. The molecule has 0 bridgehead atoms. The highest BCUT2D eigenvalue weighted by molar-refractivity contribution is 5.25. The lowest BCUT2D eigenvalue weighted by Crippen LogP contribution is -1.81. The van der Waals surface area contributed by atoms with Gasteiger partial charge in [-0.05, 0) is 30.3 Å². The molecule has 0 aliphatic carbocycles. The van der Waals surface area contributed by atoms with Gasteiger partial charge in [0.1, 0.15) is 11.6 Å². The summed E-state index contributed by atoms with van der Waals surface area (Å²) in [5.41, 5.74) is 0. The molecule has 0 aliphatic rings. The Morgan fingerprint density at radius 3 is 2.46 bits per heavy atom. The van der Waals surface area contributed by atoms with Gasteiger partial charge in [-0.25, -0.2) is 4.39 Å². The smallest absolute Gasteiger partial charge is 0.289 e. The van der Waals surface area contributed by atoms with Gasteiger partial charge in [0.25, 0.3) is 5.95 Å². The number of hydrogen-bond acceptors (Lipinski definition) is 2. The second-order valence-corrected chi connectivity index (χ2v) is 2.49. The molecule has 0 unspecified atom stereocenters. The molecular formula is C10H7FO2. The van der Waals surface area contributed by atoms with Crippen molar-refractivity contribution in [3.05, 3.63) is 48.5 Å². The second-order valence-electron chi connectivity index (χ2n) is 2.49. The zero-order valence-corrected chi connectivity index (χ0v) is 6.74. The van der Waals surface area contributed by atoms with Crippen molar-refractivity contribution in [2.75, 3.05) is 0 Å². The molecule has 0 N–H and O–H groups in total. The quantitative estimate of drug-likeness (QED) is 0.704. The van der Waals surface area contributed by atoms with Gasteiger partial charge in [0.15, 0.2) is 0 Å². The van der Waals surface area contributed by atoms with Crippen molar-refractivity contribution in [1.82, 2.24) is 0 Å². The number of benzene rings is 1. The summed E-state index contributed by atoms with van der Waals surface area (Å²) in [6, 6.07) is 9.15. The molecule has 0 fully saturated rings. The van der Waals surface area contributed by atoms with E-state index in [9.17, 15) is 4.39 Å². The summed E-state index contributed by atoms with van der Waals surface area (Å²) < 4.78 is 22.7. The summed E-state index contributed by atoms with van der Waals surface area (Å²) >= 11 is 0. The van der Waals surface area contributed by atoms with E-state index in [0.717, 1.165) is 0 Å². The van der Waals surface area contributed by atoms with Crippen LogP contribution in [-0.2, 0) is 0 Å². The third-order valence-electron chi connectivity index (χ3n) is 1.53. The van der Waals surface area contributed by atoms with Crippen LogP contribution in [0.2, 0.25) is 0 Å². The summed E-state index contributed by atoms with van der Waals surface area (Å²) in [6.45, 7) is 0. The number of ether oxygens (including phenoxy) is 1. The van der Waals surface area contributed by atoms with Crippen LogP contribution in [0.4, 0.5) is 4.39 Å². The minimum atomic E-state index is -0.285. The monoisotopic (exact) mass is 178 g/mol. The lowest BCUT2D eigenvalue weighted by molar-refractivity contribution is 0.346. The topological polar surface area (TPSA) is 22.4 Å². The summed E-state index contributed by atoms with van der Waals surface area (Å²) in [7, 11) is 0. The first-order valence-electron chi connectivity index (χ1n) is 3.81. The highest BCUT2D eigenvalue weighted by atomic mass is 19.1. The van der Waals surface area contributed by atoms with E-state index in [2.05, 4.69) is 0 Å². The second kappa shape index (κ2) is 3.31. The third-order valence-corrected chi connectivity index (χ3v) is 1.53. The summed E-state index contributed by atoms with van der Waals surface area (Å²) in [6.07, 6.45) is 1.51. The molecule has 0 amide bonds. The Bertz CT molecular complexity index is 364. The maximum Gasteiger partial charge on any atom is 0.289 e. The van der Waals surface area contributed by atoms with Crippen molar-refractivity contribution in [2.45, 2.75) is 0 Å². The Labute approximate surface area is 74.6 Å². The molecule has 2 rings (SSSR count). The molecule has 1 aromatic carbocycles. The van der Waals surface area contributed by atoms with Crippen LogP contribution < -0.4 is 4.74 Å². The van der Waals surface area contributed by atoms with Crippen molar-refractivity contribution in [3.63, 3.8) is 0 Å². The maximum atomic E-state index is 12.5. The van der Waals surface area contributed by atoms with Crippen molar-refractivity contribution in [2.24, 2.45) is 0 Å². The first kappa shape index (κ1) is 7.86. The standard InChI is InChI=1S/C10H7FO2/c11-8-3-5-9(6-4-8)13-10-2-1-7-12-10/h1-7H. The Balaban J connectivity index is 2.15. The van der Waals surface area contributed by atoms with Crippen LogP contribution in [-0.4, -0.2) is 0 Å². The zero-order chi connectivity index (χ0) is 9.10. The van der Waals surface area contributed by atoms with Crippen LogP contribution in [0.1, 0.15) is 0 Å². The predicted molar refractivity (Wildman–Crippen MR) is 45.2 cm³/mol. The van der Waals surface area contributed by atoms with E-state index in [-0.39, 0.29) is 5.82 Å². The summed E-state index contributed by atoms with van der Waals surface area (Å²) in [4.78, 5) is 0. The number of hydrogen-bond donors (Lipinski definition) is 0. The molecule has 2 nitrogen and oxygen atoms in total. The third kappa shape index (κ3) is 1.87. The average molecular weight is 178 g/mol. The normalized spacial score (nSPS) is 9.92. The van der Waals surface area contributed by atoms with Gasteiger partial charge in [0.05, 0.1) is 6.26 Å². The Morgan fingerprint density at radius 1 is 1.08 bits per heavy atom. The first-order valence-corrected chi connectivity index (χ1v) is 3.81. The molecule has 1 aromatic heterocycles. The van der Waals surface area contributed by atoms with E-state index >= 15 is 0 Å². The van der Waals surface area contributed by atoms with E-state index < -0.39 is 0 Å². The molecule has 1 heterocycles. The van der Waals surface area contributed by atoms with Crippen LogP contribution in [0.15, 0.2) is 47.1 Å². The maximum absolute atomic E-state index is 12.5. The SMILES string of the molecule is Fc1ccc(Oc2ccco2)cc1. The van der Waals surface area contributed by atoms with Gasteiger partial charge < -0.3 is 9.15 Å². The van der Waals surface area contributed by atoms with E-state index in [4.69, 9.17) is 9.15 Å². The lowest BCUT2D eigenvalue weighted by atomic mass is 10.3. The molecule has 0 radical (unpaired) electrons.